The molecule has 4 heterocycles. The third kappa shape index (κ3) is 8.61. The number of nitrogens with one attached hydrogen (secondary N) is 1. The maximum atomic E-state index is 8.84. The van der Waals surface area contributed by atoms with Gasteiger partial charge in [-0.1, -0.05) is 84.0 Å². The number of anilines is 5. The summed E-state index contributed by atoms with van der Waals surface area (Å²) in [7, 11) is 0. The van der Waals surface area contributed by atoms with Crippen LogP contribution < -0.4 is 25.0 Å². The number of hydrogen-bond acceptors (Lipinski definition) is 7. The van der Waals surface area contributed by atoms with Crippen LogP contribution in [0.4, 0.5) is 28.6 Å². The molecule has 4 aromatic carbocycles. The van der Waals surface area contributed by atoms with Gasteiger partial charge in [0.25, 0.3) is 0 Å². The summed E-state index contributed by atoms with van der Waals surface area (Å²) in [4.78, 5) is 17.5. The van der Waals surface area contributed by atoms with Crippen LogP contribution in [0.5, 0.6) is 0 Å². The zero-order valence-electron chi connectivity index (χ0n) is 39.6. The maximum absolute atomic E-state index is 8.84. The minimum Gasteiger partial charge on any atom is -0.657 e. The van der Waals surface area contributed by atoms with Gasteiger partial charge >= 0.3 is 21.1 Å². The van der Waals surface area contributed by atoms with E-state index in [2.05, 4.69) is 86.1 Å². The molecule has 296 valence electrons. The Kier molecular flexibility index (Phi) is 10.6. The van der Waals surface area contributed by atoms with Crippen LogP contribution in [-0.4, -0.2) is 23.9 Å². The number of pyridine rings is 2. The van der Waals surface area contributed by atoms with Gasteiger partial charge in [0.1, 0.15) is 5.82 Å². The van der Waals surface area contributed by atoms with Crippen molar-refractivity contribution in [1.29, 1.82) is 5.26 Å². The molecule has 0 amide bonds. The fourth-order valence-corrected chi connectivity index (χ4v) is 7.15. The summed E-state index contributed by atoms with van der Waals surface area (Å²) in [6, 6.07) is 34.5. The molecular weight excluding hydrogens is 896 g/mol. The van der Waals surface area contributed by atoms with Crippen LogP contribution in [0.2, 0.25) is 0 Å². The zero-order valence-corrected chi connectivity index (χ0v) is 35.9. The predicted molar refractivity (Wildman–Crippen MR) is 237 cm³/mol. The normalized spacial score (nSPS) is 14.1. The van der Waals surface area contributed by atoms with E-state index in [1.54, 1.807) is 54.5 Å². The fourth-order valence-electron chi connectivity index (χ4n) is 7.15. The van der Waals surface area contributed by atoms with Crippen molar-refractivity contribution in [1.82, 2.24) is 15.0 Å². The molecule has 8 rings (SSSR count). The molecule has 1 aliphatic heterocycles. The van der Waals surface area contributed by atoms with E-state index in [-0.39, 0.29) is 32.9 Å². The van der Waals surface area contributed by atoms with Crippen LogP contribution in [-0.2, 0) is 21.1 Å². The molecule has 3 aromatic heterocycles. The second kappa shape index (κ2) is 17.9. The van der Waals surface area contributed by atoms with Crippen molar-refractivity contribution in [3.63, 3.8) is 0 Å². The number of nitriles is 1. The van der Waals surface area contributed by atoms with Gasteiger partial charge in [-0.3, -0.25) is 4.98 Å². The van der Waals surface area contributed by atoms with E-state index < -0.39 is 14.0 Å². The van der Waals surface area contributed by atoms with E-state index in [0.29, 0.717) is 45.7 Å². The number of fused-ring (bicyclic) bond motifs is 4. The van der Waals surface area contributed by atoms with Gasteiger partial charge in [0.15, 0.2) is 0 Å². The van der Waals surface area contributed by atoms with Gasteiger partial charge in [0.2, 0.25) is 0 Å². The van der Waals surface area contributed by atoms with Gasteiger partial charge in [-0.2, -0.15) is 18.6 Å². The average molecular weight is 952 g/mol. The number of hydrogen-bond donors (Lipinski definition) is 1. The first-order valence-electron chi connectivity index (χ1n) is 22.2. The SMILES string of the molecule is N#Cc1ccc2[n-]c3ccccc3c2c1.[2H]C([2H])([2H])N([CH-]Nc1[c-]c(N2[CH-]N(C([2H])([2H])[2H])c3cccnc32)cc(-c2c(C(C)C)cc(C(C)C)cc2C(C)C)c1)c1cccnc1C.[Pt+4]. The van der Waals surface area contributed by atoms with Crippen molar-refractivity contribution in [3.05, 3.63) is 151 Å². The van der Waals surface area contributed by atoms with Crippen LogP contribution in [0.3, 0.4) is 0 Å². The van der Waals surface area contributed by atoms with E-state index in [0.717, 1.165) is 32.9 Å². The Labute approximate surface area is 366 Å². The van der Waals surface area contributed by atoms with Crippen molar-refractivity contribution >= 4 is 50.4 Å². The Morgan fingerprint density at radius 1 is 0.862 bits per heavy atom. The van der Waals surface area contributed by atoms with E-state index in [1.165, 1.54) is 39.8 Å². The minimum absolute atomic E-state index is 0. The van der Waals surface area contributed by atoms with Gasteiger partial charge in [-0.25, -0.2) is 4.98 Å². The van der Waals surface area contributed by atoms with Crippen LogP contribution in [0.1, 0.15) is 95.5 Å². The third-order valence-corrected chi connectivity index (χ3v) is 10.2. The summed E-state index contributed by atoms with van der Waals surface area (Å²) in [5, 5.41) is 14.2. The topological polar surface area (TPSA) is 85.4 Å². The van der Waals surface area contributed by atoms with Crippen LogP contribution in [0, 0.1) is 37.7 Å². The number of benzene rings is 4. The van der Waals surface area contributed by atoms with Gasteiger partial charge in [0, 0.05) is 32.0 Å². The molecule has 8 nitrogen and oxygen atoms in total. The largest absolute Gasteiger partial charge is 4.00 e. The Hall–Kier alpha value is -5.64. The molecule has 0 fully saturated rings. The van der Waals surface area contributed by atoms with Gasteiger partial charge in [0.05, 0.1) is 17.3 Å². The number of rotatable bonds is 9. The molecule has 0 radical (unpaired) electrons. The molecule has 0 spiro atoms. The summed E-state index contributed by atoms with van der Waals surface area (Å²) in [5.74, 6) is 1.21. The zero-order chi connectivity index (χ0) is 45.4. The summed E-state index contributed by atoms with van der Waals surface area (Å²) in [5.41, 5.74) is 10.7. The van der Waals surface area contributed by atoms with Crippen LogP contribution >= 0.6 is 0 Å². The Morgan fingerprint density at radius 3 is 2.28 bits per heavy atom. The standard InChI is InChI=1S/C36H43N6.C13H7N2.Pt/c1-23(2)27-18-31(24(3)4)35(32(19-27)25(5)6)28-16-29(39-21-40(8)33-12-10-14-37-26(33)7)20-30(17-28)42-22-41(9)34-13-11-15-38-36(34)42;14-8-9-5-6-13-11(7-9)10-3-1-2-4-12(10)15-13;/h10-19,21-25,39H,1-9H3;1-7H;/q-3;-1;+4/i8D3,9D3;;. The van der Waals surface area contributed by atoms with Crippen LogP contribution in [0.15, 0.2) is 103 Å². The average Bonchev–Trinajstić information content (AvgIpc) is 3.82. The quantitative estimate of drug-likeness (QED) is 0.143. The fraction of sp³-hybridized carbons (Fsp3) is 0.245. The molecule has 1 N–H and O–H groups in total. The van der Waals surface area contributed by atoms with E-state index in [1.807, 2.05) is 48.5 Å². The van der Waals surface area contributed by atoms with E-state index >= 15 is 0 Å². The number of aryl methyl sites for hydroxylation is 1. The summed E-state index contributed by atoms with van der Waals surface area (Å²) in [6.45, 7) is 12.9. The van der Waals surface area contributed by atoms with Gasteiger partial charge < -0.3 is 25.0 Å². The third-order valence-electron chi connectivity index (χ3n) is 10.2. The Balaban J connectivity index is 0.000000355. The van der Waals surface area contributed by atoms with Gasteiger partial charge in [-0.15, -0.1) is 46.2 Å². The van der Waals surface area contributed by atoms with Crippen molar-refractivity contribution in [3.8, 4) is 17.2 Å². The van der Waals surface area contributed by atoms with Crippen molar-refractivity contribution in [2.45, 2.75) is 66.2 Å². The minimum atomic E-state index is -2.50. The van der Waals surface area contributed by atoms with Crippen molar-refractivity contribution in [2.24, 2.45) is 0 Å². The van der Waals surface area contributed by atoms with Gasteiger partial charge in [-0.05, 0) is 108 Å². The first-order valence-corrected chi connectivity index (χ1v) is 19.2. The number of nitrogens with zero attached hydrogens (tertiary/aromatic N) is 7. The van der Waals surface area contributed by atoms with Crippen LogP contribution in [0.25, 0.3) is 32.9 Å². The first-order chi connectivity index (χ1) is 29.8. The molecule has 0 atom stereocenters. The molecule has 0 aliphatic carbocycles. The number of para-hydroxylation sites is 1. The molecule has 9 heteroatoms. The molecule has 1 aliphatic rings. The monoisotopic (exact) mass is 951 g/mol. The predicted octanol–water partition coefficient (Wildman–Crippen LogP) is 11.8. The molecule has 0 unspecified atom stereocenters. The smallest absolute Gasteiger partial charge is 0.657 e. The second-order valence-electron chi connectivity index (χ2n) is 15.1. The summed E-state index contributed by atoms with van der Waals surface area (Å²) >= 11 is 0. The molecule has 0 bridgehead atoms. The summed E-state index contributed by atoms with van der Waals surface area (Å²) < 4.78 is 49.4. The summed E-state index contributed by atoms with van der Waals surface area (Å²) in [6.07, 6.45) is 3.25. The molecule has 58 heavy (non-hydrogen) atoms. The van der Waals surface area contributed by atoms with Crippen molar-refractivity contribution < 1.29 is 29.3 Å². The van der Waals surface area contributed by atoms with Crippen molar-refractivity contribution in [2.75, 3.05) is 34.0 Å². The molecule has 7 aromatic rings. The second-order valence-corrected chi connectivity index (χ2v) is 15.1. The molecular formula is C49H50N8Pt. The molecule has 0 saturated heterocycles. The first kappa shape index (κ1) is 34.4. The maximum Gasteiger partial charge on any atom is 4.00 e. The Morgan fingerprint density at radius 2 is 1.59 bits per heavy atom. The molecule has 0 saturated carbocycles. The number of aromatic nitrogens is 3. The van der Waals surface area contributed by atoms with E-state index in [9.17, 15) is 0 Å². The Bertz CT molecular complexity index is 2780. The van der Waals surface area contributed by atoms with E-state index in [4.69, 9.17) is 13.5 Å².